The van der Waals surface area contributed by atoms with E-state index >= 15 is 0 Å². The Bertz CT molecular complexity index is 1020. The summed E-state index contributed by atoms with van der Waals surface area (Å²) >= 11 is 3.40. The summed E-state index contributed by atoms with van der Waals surface area (Å²) in [6.45, 7) is 3.12. The zero-order valence-electron chi connectivity index (χ0n) is 16.2. The van der Waals surface area contributed by atoms with E-state index in [9.17, 15) is 4.79 Å². The fourth-order valence-electron chi connectivity index (χ4n) is 3.42. The van der Waals surface area contributed by atoms with Crippen LogP contribution in [-0.4, -0.2) is 65.3 Å². The molecule has 3 aliphatic heterocycles. The van der Waals surface area contributed by atoms with Crippen LogP contribution in [0.1, 0.15) is 10.4 Å². The van der Waals surface area contributed by atoms with Crippen molar-refractivity contribution in [3.63, 3.8) is 0 Å². The molecule has 0 bridgehead atoms. The Kier molecular flexibility index (Phi) is 5.46. The van der Waals surface area contributed by atoms with Crippen molar-refractivity contribution in [2.75, 3.05) is 38.7 Å². The molecule has 3 aliphatic rings. The van der Waals surface area contributed by atoms with Crippen LogP contribution in [0.4, 0.5) is 0 Å². The fraction of sp³-hybridized carbons (Fsp3) is 0.286. The Morgan fingerprint density at radius 2 is 1.93 bits per heavy atom. The van der Waals surface area contributed by atoms with Gasteiger partial charge in [-0.1, -0.05) is 23.9 Å². The number of carbonyl (C=O) groups excluding carboxylic acids is 1. The first-order valence-corrected chi connectivity index (χ1v) is 11.6. The maximum atomic E-state index is 12.6. The Morgan fingerprint density at radius 1 is 1.07 bits per heavy atom. The molecule has 7 nitrogen and oxygen atoms in total. The molecule has 154 valence electrons. The summed E-state index contributed by atoms with van der Waals surface area (Å²) in [6, 6.07) is 9.77. The number of piperazine rings is 1. The number of hydrogen-bond donors (Lipinski definition) is 0. The van der Waals surface area contributed by atoms with Crippen molar-refractivity contribution in [1.82, 2.24) is 9.80 Å². The number of thioether (sulfide) groups is 1. The summed E-state index contributed by atoms with van der Waals surface area (Å²) in [6.07, 6.45) is 3.44. The first kappa shape index (κ1) is 19.2. The molecule has 5 rings (SSSR count). The maximum Gasteiger partial charge on any atom is 0.246 e. The lowest BCUT2D eigenvalue weighted by atomic mass is 10.2. The minimum absolute atomic E-state index is 0.0172. The minimum atomic E-state index is 0.0172. The topological polar surface area (TPSA) is 66.7 Å². The van der Waals surface area contributed by atoms with Crippen molar-refractivity contribution in [2.24, 2.45) is 10.2 Å². The summed E-state index contributed by atoms with van der Waals surface area (Å²) in [5, 5.41) is 11.8. The molecule has 1 aromatic carbocycles. The van der Waals surface area contributed by atoms with E-state index in [1.807, 2.05) is 35.2 Å². The molecular weight excluding hydrogens is 420 g/mol. The van der Waals surface area contributed by atoms with Crippen LogP contribution in [0, 0.1) is 0 Å². The Morgan fingerprint density at radius 3 is 2.70 bits per heavy atom. The fourth-order valence-corrected chi connectivity index (χ4v) is 5.16. The van der Waals surface area contributed by atoms with E-state index < -0.39 is 0 Å². The molecule has 0 saturated carbocycles. The molecule has 0 spiro atoms. The molecule has 0 N–H and O–H groups in total. The maximum absolute atomic E-state index is 12.6. The van der Waals surface area contributed by atoms with Crippen LogP contribution in [-0.2, 0) is 4.79 Å². The van der Waals surface area contributed by atoms with Crippen LogP contribution in [0.5, 0.6) is 11.5 Å². The van der Waals surface area contributed by atoms with Crippen LogP contribution >= 0.6 is 23.1 Å². The van der Waals surface area contributed by atoms with E-state index in [1.54, 1.807) is 29.2 Å². The standard InChI is InChI=1S/C21H20N4O3S2/c26-20(6-4-15-3-5-17-18(12-15)28-14-27-17)24-7-9-25(10-8-24)21-23-22-16(13-30-21)19-2-1-11-29-19/h1-6,11-12H,7-10,13-14H2/b6-4+. The number of ether oxygens (including phenoxy) is 2. The highest BCUT2D eigenvalue weighted by Crippen LogP contribution is 2.32. The monoisotopic (exact) mass is 440 g/mol. The van der Waals surface area contributed by atoms with E-state index in [1.165, 1.54) is 4.88 Å². The molecule has 1 fully saturated rings. The van der Waals surface area contributed by atoms with Gasteiger partial charge in [0.25, 0.3) is 0 Å². The van der Waals surface area contributed by atoms with Gasteiger partial charge >= 0.3 is 0 Å². The Hall–Kier alpha value is -2.78. The van der Waals surface area contributed by atoms with Gasteiger partial charge < -0.3 is 19.3 Å². The Balaban J connectivity index is 1.16. The molecule has 1 amide bonds. The quantitative estimate of drug-likeness (QED) is 0.686. The van der Waals surface area contributed by atoms with Crippen LogP contribution in [0.2, 0.25) is 0 Å². The lowest BCUT2D eigenvalue weighted by Crippen LogP contribution is -2.50. The molecule has 0 unspecified atom stereocenters. The van der Waals surface area contributed by atoms with Crippen LogP contribution < -0.4 is 9.47 Å². The molecule has 1 aromatic heterocycles. The van der Waals surface area contributed by atoms with Gasteiger partial charge in [0, 0.05) is 38.0 Å². The highest BCUT2D eigenvalue weighted by molar-refractivity contribution is 8.14. The summed E-state index contributed by atoms with van der Waals surface area (Å²) in [5.41, 5.74) is 1.94. The largest absolute Gasteiger partial charge is 0.454 e. The lowest BCUT2D eigenvalue weighted by Gasteiger charge is -2.35. The molecular formula is C21H20N4O3S2. The number of benzene rings is 1. The Labute approximate surface area is 182 Å². The van der Waals surface area contributed by atoms with Crippen molar-refractivity contribution in [3.8, 4) is 11.5 Å². The van der Waals surface area contributed by atoms with E-state index in [-0.39, 0.29) is 12.7 Å². The van der Waals surface area contributed by atoms with Gasteiger partial charge in [-0.2, -0.15) is 5.10 Å². The predicted molar refractivity (Wildman–Crippen MR) is 121 cm³/mol. The molecule has 4 heterocycles. The van der Waals surface area contributed by atoms with Gasteiger partial charge in [0.05, 0.1) is 10.6 Å². The number of thiophene rings is 1. The lowest BCUT2D eigenvalue weighted by molar-refractivity contribution is -0.127. The third-order valence-electron chi connectivity index (χ3n) is 5.08. The van der Waals surface area contributed by atoms with Crippen LogP contribution in [0.3, 0.4) is 0 Å². The van der Waals surface area contributed by atoms with Gasteiger partial charge in [-0.25, -0.2) is 0 Å². The third kappa shape index (κ3) is 4.08. The van der Waals surface area contributed by atoms with E-state index in [0.29, 0.717) is 18.8 Å². The molecule has 30 heavy (non-hydrogen) atoms. The number of amidine groups is 1. The van der Waals surface area contributed by atoms with Crippen molar-refractivity contribution < 1.29 is 14.3 Å². The summed E-state index contributed by atoms with van der Waals surface area (Å²) < 4.78 is 10.7. The zero-order valence-corrected chi connectivity index (χ0v) is 17.8. The van der Waals surface area contributed by atoms with Gasteiger partial charge in [0.15, 0.2) is 16.7 Å². The highest BCUT2D eigenvalue weighted by atomic mass is 32.2. The van der Waals surface area contributed by atoms with Crippen molar-refractivity contribution in [3.05, 3.63) is 52.2 Å². The number of amides is 1. The van der Waals surface area contributed by atoms with Gasteiger partial charge in [-0.3, -0.25) is 4.79 Å². The number of hydrogen-bond acceptors (Lipinski definition) is 8. The molecule has 0 aliphatic carbocycles. The second kappa shape index (κ2) is 8.53. The normalized spacial score (nSPS) is 18.5. The molecule has 0 radical (unpaired) electrons. The zero-order chi connectivity index (χ0) is 20.3. The van der Waals surface area contributed by atoms with Crippen molar-refractivity contribution in [2.45, 2.75) is 0 Å². The summed E-state index contributed by atoms with van der Waals surface area (Å²) in [5.74, 6) is 2.30. The number of nitrogens with zero attached hydrogens (tertiary/aromatic N) is 4. The molecule has 9 heteroatoms. The average Bonchev–Trinajstić information content (AvgIpc) is 3.49. The summed E-state index contributed by atoms with van der Waals surface area (Å²) in [4.78, 5) is 17.8. The second-order valence-corrected chi connectivity index (χ2v) is 8.84. The average molecular weight is 441 g/mol. The first-order chi connectivity index (χ1) is 14.8. The molecule has 2 aromatic rings. The van der Waals surface area contributed by atoms with E-state index in [2.05, 4.69) is 26.5 Å². The predicted octanol–water partition coefficient (Wildman–Crippen LogP) is 3.14. The van der Waals surface area contributed by atoms with Gasteiger partial charge in [0.1, 0.15) is 0 Å². The molecule has 0 atom stereocenters. The van der Waals surface area contributed by atoms with Gasteiger partial charge in [0.2, 0.25) is 12.7 Å². The SMILES string of the molecule is O=C(/C=C/c1ccc2c(c1)OCO2)N1CCN(C2=NN=C(c3cccs3)CS2)CC1. The van der Waals surface area contributed by atoms with Crippen molar-refractivity contribution >= 4 is 46.0 Å². The number of fused-ring (bicyclic) bond motifs is 1. The number of carbonyl (C=O) groups is 1. The number of rotatable bonds is 3. The molecule has 1 saturated heterocycles. The van der Waals surface area contributed by atoms with E-state index in [0.717, 1.165) is 41.0 Å². The van der Waals surface area contributed by atoms with E-state index in [4.69, 9.17) is 9.47 Å². The first-order valence-electron chi connectivity index (χ1n) is 9.69. The van der Waals surface area contributed by atoms with Crippen molar-refractivity contribution in [1.29, 1.82) is 0 Å². The smallest absolute Gasteiger partial charge is 0.246 e. The van der Waals surface area contributed by atoms with Crippen LogP contribution in [0.25, 0.3) is 6.08 Å². The third-order valence-corrected chi connectivity index (χ3v) is 7.01. The van der Waals surface area contributed by atoms with Gasteiger partial charge in [-0.05, 0) is 35.2 Å². The van der Waals surface area contributed by atoms with Crippen LogP contribution in [0.15, 0.2) is 52.0 Å². The minimum Gasteiger partial charge on any atom is -0.454 e. The highest BCUT2D eigenvalue weighted by Gasteiger charge is 2.24. The summed E-state index contributed by atoms with van der Waals surface area (Å²) in [7, 11) is 0. The second-order valence-electron chi connectivity index (χ2n) is 6.95. The van der Waals surface area contributed by atoms with Gasteiger partial charge in [-0.15, -0.1) is 16.4 Å².